The number of thioether (sulfide) groups is 1. The highest BCUT2D eigenvalue weighted by atomic mass is 32.2. The maximum atomic E-state index is 6.09. The molecule has 1 aromatic heterocycles. The van der Waals surface area contributed by atoms with Gasteiger partial charge in [-0.05, 0) is 44.6 Å². The molecule has 0 amide bonds. The highest BCUT2D eigenvalue weighted by molar-refractivity contribution is 7.98. The minimum Gasteiger partial charge on any atom is -0.466 e. The number of ether oxygens (including phenoxy) is 1. The van der Waals surface area contributed by atoms with E-state index in [1.165, 1.54) is 18.4 Å². The molecule has 0 saturated carbocycles. The Bertz CT molecular complexity index is 947. The first-order valence-electron chi connectivity index (χ1n) is 8.95. The molecule has 3 heterocycles. The van der Waals surface area contributed by atoms with Crippen LogP contribution < -0.4 is 10.7 Å². The van der Waals surface area contributed by atoms with E-state index in [1.807, 2.05) is 30.0 Å². The molecule has 2 N–H and O–H groups in total. The van der Waals surface area contributed by atoms with E-state index in [0.29, 0.717) is 0 Å². The summed E-state index contributed by atoms with van der Waals surface area (Å²) in [6.45, 7) is 2.02. The van der Waals surface area contributed by atoms with E-state index in [-0.39, 0.29) is 0 Å². The summed E-state index contributed by atoms with van der Waals surface area (Å²) in [5.74, 6) is 2.83. The largest absolute Gasteiger partial charge is 0.466 e. The molecule has 1 unspecified atom stereocenters. The Labute approximate surface area is 156 Å². The van der Waals surface area contributed by atoms with Crippen LogP contribution in [0.4, 0.5) is 5.69 Å². The lowest BCUT2D eigenvalue weighted by Crippen LogP contribution is -2.52. The molecule has 134 valence electrons. The quantitative estimate of drug-likeness (QED) is 0.740. The highest BCUT2D eigenvalue weighted by Crippen LogP contribution is 2.43. The minimum atomic E-state index is -0.535. The van der Waals surface area contributed by atoms with E-state index in [0.717, 1.165) is 46.6 Å². The third-order valence-corrected chi connectivity index (χ3v) is 5.83. The molecule has 5 rings (SSSR count). The van der Waals surface area contributed by atoms with Gasteiger partial charge in [0.2, 0.25) is 5.16 Å². The van der Waals surface area contributed by atoms with E-state index < -0.39 is 5.66 Å². The van der Waals surface area contributed by atoms with E-state index in [4.69, 9.17) is 4.74 Å². The van der Waals surface area contributed by atoms with Gasteiger partial charge in [-0.15, -0.1) is 10.2 Å². The van der Waals surface area contributed by atoms with Crippen LogP contribution in [0.15, 0.2) is 52.6 Å². The van der Waals surface area contributed by atoms with Gasteiger partial charge in [-0.25, -0.2) is 4.68 Å². The number of nitrogens with one attached hydrogen (secondary N) is 2. The first-order valence-corrected chi connectivity index (χ1v) is 10.2. The second kappa shape index (κ2) is 5.81. The van der Waals surface area contributed by atoms with Gasteiger partial charge in [0.05, 0.1) is 0 Å². The summed E-state index contributed by atoms with van der Waals surface area (Å²) in [5.41, 5.74) is 6.52. The lowest BCUT2D eigenvalue weighted by molar-refractivity contribution is 0.250. The van der Waals surface area contributed by atoms with Gasteiger partial charge in [-0.2, -0.15) is 0 Å². The number of hydrogen-bond acceptors (Lipinski definition) is 6. The van der Waals surface area contributed by atoms with Crippen LogP contribution in [0.5, 0.6) is 0 Å². The SMILES string of the molecule is CSc1nnc2n1NC1(C=C(C)OC3=C1CCCC3)Nc1ccccc1-2. The van der Waals surface area contributed by atoms with E-state index in [9.17, 15) is 0 Å². The number of hydrogen-bond donors (Lipinski definition) is 2. The molecule has 0 saturated heterocycles. The maximum Gasteiger partial charge on any atom is 0.210 e. The molecular weight excluding hydrogens is 346 g/mol. The number of para-hydroxylation sites is 1. The molecule has 1 aromatic carbocycles. The Morgan fingerprint density at radius 3 is 2.92 bits per heavy atom. The van der Waals surface area contributed by atoms with Crippen molar-refractivity contribution in [3.63, 3.8) is 0 Å². The monoisotopic (exact) mass is 367 g/mol. The second-order valence-electron chi connectivity index (χ2n) is 6.90. The Kier molecular flexibility index (Phi) is 3.53. The average Bonchev–Trinajstić information content (AvgIpc) is 2.98. The van der Waals surface area contributed by atoms with Gasteiger partial charge in [0.25, 0.3) is 0 Å². The van der Waals surface area contributed by atoms with Crippen molar-refractivity contribution < 1.29 is 4.74 Å². The van der Waals surface area contributed by atoms with Crippen molar-refractivity contribution in [2.45, 2.75) is 43.4 Å². The molecule has 3 aliphatic rings. The van der Waals surface area contributed by atoms with Crippen molar-refractivity contribution >= 4 is 17.4 Å². The van der Waals surface area contributed by atoms with Gasteiger partial charge in [-0.3, -0.25) is 5.43 Å². The zero-order chi connectivity index (χ0) is 17.7. The fourth-order valence-electron chi connectivity index (χ4n) is 4.12. The van der Waals surface area contributed by atoms with Gasteiger partial charge in [-0.1, -0.05) is 23.9 Å². The Hall–Kier alpha value is -2.41. The standard InChI is InChI=1S/C19H21N5OS/c1-12-11-19(14-8-4-6-10-16(14)25-12)20-15-9-5-3-7-13(15)17-21-22-18(26-2)24(17)23-19/h3,5,7,9,11,20,23H,4,6,8,10H2,1-2H3. The number of allylic oxidation sites excluding steroid dienone is 2. The lowest BCUT2D eigenvalue weighted by Gasteiger charge is -2.41. The number of aromatic nitrogens is 3. The normalized spacial score (nSPS) is 23.7. The molecule has 0 bridgehead atoms. The first kappa shape index (κ1) is 15.8. The summed E-state index contributed by atoms with van der Waals surface area (Å²) in [6, 6.07) is 8.27. The van der Waals surface area contributed by atoms with Gasteiger partial charge in [0.1, 0.15) is 11.5 Å². The van der Waals surface area contributed by atoms with Crippen molar-refractivity contribution in [1.82, 2.24) is 14.9 Å². The smallest absolute Gasteiger partial charge is 0.210 e. The van der Waals surface area contributed by atoms with Crippen LogP contribution in [0, 0.1) is 0 Å². The zero-order valence-corrected chi connectivity index (χ0v) is 15.7. The number of rotatable bonds is 1. The Morgan fingerprint density at radius 1 is 1.19 bits per heavy atom. The molecule has 26 heavy (non-hydrogen) atoms. The topological polar surface area (TPSA) is 64.0 Å². The van der Waals surface area contributed by atoms with Gasteiger partial charge >= 0.3 is 0 Å². The van der Waals surface area contributed by atoms with Crippen LogP contribution >= 0.6 is 11.8 Å². The van der Waals surface area contributed by atoms with Gasteiger partial charge in [0.15, 0.2) is 11.5 Å². The predicted octanol–water partition coefficient (Wildman–Crippen LogP) is 4.09. The predicted molar refractivity (Wildman–Crippen MR) is 103 cm³/mol. The van der Waals surface area contributed by atoms with Crippen LogP contribution in [-0.2, 0) is 4.74 Å². The van der Waals surface area contributed by atoms with Crippen LogP contribution in [0.25, 0.3) is 11.4 Å². The zero-order valence-electron chi connectivity index (χ0n) is 14.9. The van der Waals surface area contributed by atoms with Crippen LogP contribution in [0.1, 0.15) is 32.6 Å². The number of fused-ring (bicyclic) bond motifs is 4. The fraction of sp³-hybridized carbons (Fsp3) is 0.368. The molecule has 7 heteroatoms. The summed E-state index contributed by atoms with van der Waals surface area (Å²) in [4.78, 5) is 0. The number of nitrogens with zero attached hydrogens (tertiary/aromatic N) is 3. The summed E-state index contributed by atoms with van der Waals surface area (Å²) < 4.78 is 8.10. The minimum absolute atomic E-state index is 0.535. The first-order chi connectivity index (χ1) is 12.7. The lowest BCUT2D eigenvalue weighted by atomic mass is 9.85. The maximum absolute atomic E-state index is 6.09. The van der Waals surface area contributed by atoms with Crippen molar-refractivity contribution in [2.24, 2.45) is 0 Å². The molecule has 6 nitrogen and oxygen atoms in total. The summed E-state index contributed by atoms with van der Waals surface area (Å²) in [5, 5.41) is 13.4. The van der Waals surface area contributed by atoms with Crippen LogP contribution in [0.2, 0.25) is 0 Å². The van der Waals surface area contributed by atoms with E-state index >= 15 is 0 Å². The molecule has 2 aliphatic heterocycles. The molecule has 2 aromatic rings. The van der Waals surface area contributed by atoms with Crippen LogP contribution in [0.3, 0.4) is 0 Å². The van der Waals surface area contributed by atoms with Crippen molar-refractivity contribution in [3.8, 4) is 11.4 Å². The Morgan fingerprint density at radius 2 is 2.04 bits per heavy atom. The van der Waals surface area contributed by atoms with Crippen LogP contribution in [-0.4, -0.2) is 26.8 Å². The number of anilines is 1. The second-order valence-corrected chi connectivity index (χ2v) is 7.68. The van der Waals surface area contributed by atoms with Crippen molar-refractivity contribution in [3.05, 3.63) is 47.4 Å². The van der Waals surface area contributed by atoms with E-state index in [2.05, 4.69) is 39.1 Å². The van der Waals surface area contributed by atoms with Crippen molar-refractivity contribution in [1.29, 1.82) is 0 Å². The third kappa shape index (κ3) is 2.26. The summed E-state index contributed by atoms with van der Waals surface area (Å²) >= 11 is 1.58. The molecule has 1 aliphatic carbocycles. The molecule has 0 radical (unpaired) electrons. The molecule has 1 spiro atoms. The molecule has 0 fully saturated rings. The highest BCUT2D eigenvalue weighted by Gasteiger charge is 2.42. The van der Waals surface area contributed by atoms with Crippen molar-refractivity contribution in [2.75, 3.05) is 17.0 Å². The molecular formula is C19H21N5OS. The fourth-order valence-corrected chi connectivity index (χ4v) is 4.55. The number of benzene rings is 1. The summed E-state index contributed by atoms with van der Waals surface area (Å²) in [7, 11) is 0. The summed E-state index contributed by atoms with van der Waals surface area (Å²) in [6.07, 6.45) is 8.50. The third-order valence-electron chi connectivity index (χ3n) is 5.20. The average molecular weight is 367 g/mol. The van der Waals surface area contributed by atoms with Gasteiger partial charge < -0.3 is 10.1 Å². The van der Waals surface area contributed by atoms with E-state index in [1.54, 1.807) is 11.8 Å². The molecule has 1 atom stereocenters. The Balaban J connectivity index is 1.77. The van der Waals surface area contributed by atoms with Gasteiger partial charge in [0, 0.05) is 29.3 Å².